The van der Waals surface area contributed by atoms with Gasteiger partial charge < -0.3 is 14.4 Å². The second-order valence-electron chi connectivity index (χ2n) is 7.05. The lowest BCUT2D eigenvalue weighted by atomic mass is 10.1. The van der Waals surface area contributed by atoms with Crippen LogP contribution in [0.25, 0.3) is 0 Å². The number of alkyl halides is 1. The van der Waals surface area contributed by atoms with Crippen LogP contribution in [-0.4, -0.2) is 57.6 Å². The first kappa shape index (κ1) is 18.8. The number of benzene rings is 1. The van der Waals surface area contributed by atoms with Gasteiger partial charge in [-0.2, -0.15) is 4.31 Å². The maximum Gasteiger partial charge on any atom is 0.292 e. The van der Waals surface area contributed by atoms with Crippen LogP contribution in [0, 0.1) is 0 Å². The Balaban J connectivity index is 1.79. The Morgan fingerprint density at radius 1 is 1.30 bits per heavy atom. The summed E-state index contributed by atoms with van der Waals surface area (Å²) in [5.41, 5.74) is 1.02. The summed E-state index contributed by atoms with van der Waals surface area (Å²) in [6.07, 6.45) is 0.463. The minimum atomic E-state index is -3.84. The summed E-state index contributed by atoms with van der Waals surface area (Å²) in [6.45, 7) is 3.18. The van der Waals surface area contributed by atoms with Crippen molar-refractivity contribution >= 4 is 21.6 Å². The summed E-state index contributed by atoms with van der Waals surface area (Å²) in [5.74, 6) is -1.90. The molecule has 3 heterocycles. The largest absolute Gasteiger partial charge is 0.338 e. The maximum absolute atomic E-state index is 13.5. The van der Waals surface area contributed by atoms with Gasteiger partial charge in [-0.05, 0) is 37.5 Å². The highest BCUT2D eigenvalue weighted by Gasteiger charge is 2.55. The molecule has 148 valence electrons. The average molecular weight is 398 g/mol. The molecule has 1 aromatic carbocycles. The molecule has 0 bridgehead atoms. The lowest BCUT2D eigenvalue weighted by Crippen LogP contribution is -2.47. The number of sulfonamides is 1. The summed E-state index contributed by atoms with van der Waals surface area (Å²) in [5, 5.41) is 0. The van der Waals surface area contributed by atoms with Crippen molar-refractivity contribution in [2.24, 2.45) is 0 Å². The second-order valence-corrected chi connectivity index (χ2v) is 8.99. The highest BCUT2D eigenvalue weighted by molar-refractivity contribution is 7.89. The first-order valence-corrected chi connectivity index (χ1v) is 10.7. The molecular formula is C18H23FN2O5S. The monoisotopic (exact) mass is 398 g/mol. The first-order chi connectivity index (χ1) is 12.9. The minimum absolute atomic E-state index is 0.0265. The zero-order chi connectivity index (χ0) is 19.2. The van der Waals surface area contributed by atoms with Crippen molar-refractivity contribution in [1.29, 1.82) is 0 Å². The predicted octanol–water partition coefficient (Wildman–Crippen LogP) is 1.77. The molecule has 0 N–H and O–H groups in total. The summed E-state index contributed by atoms with van der Waals surface area (Å²) < 4.78 is 52.0. The van der Waals surface area contributed by atoms with Crippen molar-refractivity contribution in [2.75, 3.05) is 37.7 Å². The quantitative estimate of drug-likeness (QED) is 0.773. The van der Waals surface area contributed by atoms with Gasteiger partial charge in [0.1, 0.15) is 6.17 Å². The lowest BCUT2D eigenvalue weighted by molar-refractivity contribution is -0.256. The number of fused-ring (bicyclic) bond motifs is 2. The van der Waals surface area contributed by atoms with Crippen LogP contribution < -0.4 is 4.90 Å². The van der Waals surface area contributed by atoms with Crippen LogP contribution in [0.15, 0.2) is 23.1 Å². The summed E-state index contributed by atoms with van der Waals surface area (Å²) in [6, 6.07) is 4.54. The number of halogens is 1. The van der Waals surface area contributed by atoms with E-state index in [4.69, 9.17) is 9.47 Å². The van der Waals surface area contributed by atoms with Gasteiger partial charge >= 0.3 is 0 Å². The molecule has 2 fully saturated rings. The first-order valence-electron chi connectivity index (χ1n) is 9.29. The molecule has 1 aromatic rings. The fourth-order valence-corrected chi connectivity index (χ4v) is 5.40. The Morgan fingerprint density at radius 2 is 2.04 bits per heavy atom. The number of carbonyl (C=O) groups excluding carboxylic acids is 1. The van der Waals surface area contributed by atoms with Gasteiger partial charge in [-0.1, -0.05) is 6.92 Å². The minimum Gasteiger partial charge on any atom is -0.338 e. The van der Waals surface area contributed by atoms with E-state index < -0.39 is 22.0 Å². The van der Waals surface area contributed by atoms with E-state index in [1.807, 2.05) is 6.92 Å². The number of amides is 1. The molecular weight excluding hydrogens is 375 g/mol. The third-order valence-electron chi connectivity index (χ3n) is 5.22. The van der Waals surface area contributed by atoms with Gasteiger partial charge in [0, 0.05) is 25.2 Å². The van der Waals surface area contributed by atoms with E-state index in [-0.39, 0.29) is 30.3 Å². The molecule has 4 rings (SSSR count). The number of hydrogen-bond donors (Lipinski definition) is 0. The van der Waals surface area contributed by atoms with E-state index >= 15 is 0 Å². The normalized spacial score (nSPS) is 25.3. The molecule has 0 aliphatic carbocycles. The van der Waals surface area contributed by atoms with Crippen molar-refractivity contribution in [2.45, 2.75) is 43.0 Å². The third-order valence-corrected chi connectivity index (χ3v) is 7.08. The molecule has 1 amide bonds. The smallest absolute Gasteiger partial charge is 0.292 e. The van der Waals surface area contributed by atoms with Crippen molar-refractivity contribution in [1.82, 2.24) is 4.31 Å². The summed E-state index contributed by atoms with van der Waals surface area (Å²) in [7, 11) is -3.84. The van der Waals surface area contributed by atoms with Gasteiger partial charge in [0.15, 0.2) is 0 Å². The number of hydrogen-bond acceptors (Lipinski definition) is 5. The molecule has 27 heavy (non-hydrogen) atoms. The molecule has 1 atom stereocenters. The van der Waals surface area contributed by atoms with Crippen molar-refractivity contribution in [3.05, 3.63) is 23.8 Å². The standard InChI is InChI=1S/C18H23FN2O5S/c1-2-7-21-16-5-4-14(27(23,24)20-8-6-13(19)12-20)11-15(16)18(17(21)22)25-9-3-10-26-18/h4-5,11,13H,2-3,6-10,12H2,1H3. The van der Waals surface area contributed by atoms with E-state index in [0.717, 1.165) is 10.7 Å². The average Bonchev–Trinajstić information content (AvgIpc) is 3.20. The van der Waals surface area contributed by atoms with Gasteiger partial charge in [-0.25, -0.2) is 12.8 Å². The number of rotatable bonds is 4. The second kappa shape index (κ2) is 6.80. The molecule has 0 radical (unpaired) electrons. The van der Waals surface area contributed by atoms with Crippen LogP contribution in [0.1, 0.15) is 31.7 Å². The molecule has 3 aliphatic heterocycles. The van der Waals surface area contributed by atoms with Crippen LogP contribution in [0.2, 0.25) is 0 Å². The lowest BCUT2D eigenvalue weighted by Gasteiger charge is -2.32. The van der Waals surface area contributed by atoms with Crippen molar-refractivity contribution in [3.63, 3.8) is 0 Å². The van der Waals surface area contributed by atoms with E-state index in [1.54, 1.807) is 11.0 Å². The topological polar surface area (TPSA) is 76.1 Å². The van der Waals surface area contributed by atoms with Gasteiger partial charge in [0.2, 0.25) is 10.0 Å². The molecule has 9 heteroatoms. The molecule has 0 aromatic heterocycles. The molecule has 1 unspecified atom stereocenters. The molecule has 7 nitrogen and oxygen atoms in total. The fourth-order valence-electron chi connectivity index (χ4n) is 3.89. The van der Waals surface area contributed by atoms with E-state index in [0.29, 0.717) is 37.4 Å². The molecule has 2 saturated heterocycles. The maximum atomic E-state index is 13.5. The highest BCUT2D eigenvalue weighted by atomic mass is 32.2. The van der Waals surface area contributed by atoms with Crippen LogP contribution in [0.4, 0.5) is 10.1 Å². The Labute approximate surface area is 158 Å². The van der Waals surface area contributed by atoms with Gasteiger partial charge in [0.25, 0.3) is 11.7 Å². The number of anilines is 1. The zero-order valence-corrected chi connectivity index (χ0v) is 16.0. The van der Waals surface area contributed by atoms with Gasteiger partial charge in [0.05, 0.1) is 23.8 Å². The van der Waals surface area contributed by atoms with Crippen LogP contribution in [0.3, 0.4) is 0 Å². The Morgan fingerprint density at radius 3 is 2.67 bits per heavy atom. The van der Waals surface area contributed by atoms with Crippen molar-refractivity contribution < 1.29 is 27.1 Å². The molecule has 0 saturated carbocycles. The number of carbonyl (C=O) groups is 1. The molecule has 3 aliphatic rings. The number of nitrogens with zero attached hydrogens (tertiary/aromatic N) is 2. The van der Waals surface area contributed by atoms with E-state index in [1.165, 1.54) is 12.1 Å². The SMILES string of the molecule is CCCN1C(=O)C2(OCCCO2)c2cc(S(=O)(=O)N3CCC(F)C3)ccc21. The van der Waals surface area contributed by atoms with Crippen molar-refractivity contribution in [3.8, 4) is 0 Å². The number of ether oxygens (including phenoxy) is 2. The van der Waals surface area contributed by atoms with Crippen LogP contribution >= 0.6 is 0 Å². The fraction of sp³-hybridized carbons (Fsp3) is 0.611. The van der Waals surface area contributed by atoms with Crippen LogP contribution in [-0.2, 0) is 30.1 Å². The Kier molecular flexibility index (Phi) is 4.74. The van der Waals surface area contributed by atoms with E-state index in [9.17, 15) is 17.6 Å². The van der Waals surface area contributed by atoms with Gasteiger partial charge in [-0.3, -0.25) is 4.79 Å². The highest BCUT2D eigenvalue weighted by Crippen LogP contribution is 2.46. The zero-order valence-electron chi connectivity index (χ0n) is 15.2. The van der Waals surface area contributed by atoms with E-state index in [2.05, 4.69) is 0 Å². The van der Waals surface area contributed by atoms with Crippen LogP contribution in [0.5, 0.6) is 0 Å². The summed E-state index contributed by atoms with van der Waals surface area (Å²) in [4.78, 5) is 14.7. The Bertz CT molecular complexity index is 853. The summed E-state index contributed by atoms with van der Waals surface area (Å²) >= 11 is 0. The molecule has 1 spiro atoms. The Hall–Kier alpha value is -1.55. The third kappa shape index (κ3) is 2.88. The van der Waals surface area contributed by atoms with Gasteiger partial charge in [-0.15, -0.1) is 0 Å². The predicted molar refractivity (Wildman–Crippen MR) is 95.6 cm³/mol.